The van der Waals surface area contributed by atoms with E-state index in [2.05, 4.69) is 230 Å². The molecule has 1 saturated carbocycles. The molecule has 2 aliphatic carbocycles. The average molecular weight is 902 g/mol. The molecule has 0 radical (unpaired) electrons. The first-order valence-corrected chi connectivity index (χ1v) is 26.1. The van der Waals surface area contributed by atoms with Gasteiger partial charge in [-0.3, -0.25) is 0 Å². The predicted octanol–water partition coefficient (Wildman–Crippen LogP) is 14.6. The van der Waals surface area contributed by atoms with Crippen LogP contribution in [0.15, 0.2) is 140 Å². The van der Waals surface area contributed by atoms with E-state index in [0.717, 1.165) is 25.7 Å². The van der Waals surface area contributed by atoms with Crippen LogP contribution < -0.4 is 31.1 Å². The Morgan fingerprint density at radius 3 is 1.93 bits per heavy atom. The summed E-state index contributed by atoms with van der Waals surface area (Å²) in [7, 11) is 0. The van der Waals surface area contributed by atoms with Crippen LogP contribution in [-0.2, 0) is 33.6 Å². The van der Waals surface area contributed by atoms with Crippen molar-refractivity contribution in [3.05, 3.63) is 190 Å². The molecule has 346 valence electrons. The second kappa shape index (κ2) is 14.1. The lowest BCUT2D eigenvalue weighted by Crippen LogP contribution is -2.64. The van der Waals surface area contributed by atoms with E-state index in [0.29, 0.717) is 0 Å². The van der Waals surface area contributed by atoms with Gasteiger partial charge in [-0.2, -0.15) is 0 Å². The predicted molar refractivity (Wildman–Crippen MR) is 293 cm³/mol. The zero-order chi connectivity index (χ0) is 47.8. The fraction of sp³-hybridized carbons (Fsp3) is 0.354. The lowest BCUT2D eigenvalue weighted by molar-refractivity contribution is 0.215. The second-order valence-corrected chi connectivity index (χ2v) is 24.7. The summed E-state index contributed by atoms with van der Waals surface area (Å²) in [5.74, 6) is 0. The standard InChI is InChI=1S/C65H68BN3/c1-41-23-27-47(28-24-41)67-55-29-25-42(2)35-52(55)66-53-38-46(61(6,7)8)37-51-59(53)69(64(11)49-22-16-15-19-43(49)31-34-62(51,64)9)57-40-48(39-56(67)58(57)66)68-54-30-26-45(60(3,4)5)36-50(54)65(44-20-13-12-14-21-44)33-18-17-32-63(65,68)10/h12-16,19-30,35-40H,17-18,31-34H2,1-11H3. The van der Waals surface area contributed by atoms with Gasteiger partial charge in [0, 0.05) is 50.6 Å². The Morgan fingerprint density at radius 1 is 0.507 bits per heavy atom. The molecule has 69 heavy (non-hydrogen) atoms. The van der Waals surface area contributed by atoms with E-state index in [1.54, 1.807) is 0 Å². The van der Waals surface area contributed by atoms with Crippen molar-refractivity contribution in [2.24, 2.45) is 0 Å². The smallest absolute Gasteiger partial charge is 0.252 e. The van der Waals surface area contributed by atoms with Crippen molar-refractivity contribution in [1.29, 1.82) is 0 Å². The summed E-state index contributed by atoms with van der Waals surface area (Å²) < 4.78 is 0. The van der Waals surface area contributed by atoms with Crippen LogP contribution in [0, 0.1) is 13.8 Å². The van der Waals surface area contributed by atoms with Gasteiger partial charge < -0.3 is 14.7 Å². The fourth-order valence-corrected chi connectivity index (χ4v) is 15.2. The number of nitrogens with zero attached hydrogens (tertiary/aromatic N) is 3. The Labute approximate surface area is 412 Å². The SMILES string of the molecule is Cc1ccc(N2c3ccc(C)cc3B3c4cc(C(C)(C)C)cc5c4N(c4cc(N6c7ccc(C(C)(C)C)cc7C7(c8ccccc8)CCCCC67C)cc2c43)C2(C)c3ccccc3CCC52C)cc1. The largest absolute Gasteiger partial charge is 0.334 e. The monoisotopic (exact) mass is 902 g/mol. The van der Waals surface area contributed by atoms with Gasteiger partial charge in [-0.15, -0.1) is 0 Å². The first kappa shape index (κ1) is 43.1. The first-order valence-electron chi connectivity index (χ1n) is 26.1. The minimum Gasteiger partial charge on any atom is -0.334 e. The van der Waals surface area contributed by atoms with Crippen LogP contribution in [0.25, 0.3) is 0 Å². The van der Waals surface area contributed by atoms with Crippen molar-refractivity contribution in [3.8, 4) is 0 Å². The van der Waals surface area contributed by atoms with Crippen molar-refractivity contribution in [2.75, 3.05) is 14.7 Å². The first-order chi connectivity index (χ1) is 32.9. The molecular weight excluding hydrogens is 834 g/mol. The molecule has 4 aliphatic heterocycles. The van der Waals surface area contributed by atoms with Gasteiger partial charge >= 0.3 is 0 Å². The Hall–Kier alpha value is -6.00. The van der Waals surface area contributed by atoms with E-state index in [1.165, 1.54) is 119 Å². The van der Waals surface area contributed by atoms with Gasteiger partial charge in [-0.1, -0.05) is 176 Å². The molecule has 0 spiro atoms. The second-order valence-electron chi connectivity index (χ2n) is 24.7. The number of benzene rings is 7. The molecule has 0 aromatic heterocycles. The molecule has 4 heterocycles. The highest BCUT2D eigenvalue weighted by Crippen LogP contribution is 2.67. The number of hydrogen-bond acceptors (Lipinski definition) is 3. The third kappa shape index (κ3) is 5.47. The zero-order valence-corrected chi connectivity index (χ0v) is 42.9. The minimum atomic E-state index is -0.346. The topological polar surface area (TPSA) is 9.72 Å². The number of hydrogen-bond donors (Lipinski definition) is 0. The third-order valence-corrected chi connectivity index (χ3v) is 19.0. The molecule has 3 nitrogen and oxygen atoms in total. The molecule has 0 saturated heterocycles. The van der Waals surface area contributed by atoms with Gasteiger partial charge in [-0.25, -0.2) is 0 Å². The van der Waals surface area contributed by atoms with Crippen LogP contribution in [-0.4, -0.2) is 12.3 Å². The fourth-order valence-electron chi connectivity index (χ4n) is 15.2. The molecule has 0 amide bonds. The summed E-state index contributed by atoms with van der Waals surface area (Å²) in [5, 5.41) is 0. The molecule has 4 unspecified atom stereocenters. The van der Waals surface area contributed by atoms with E-state index in [-0.39, 0.29) is 39.5 Å². The maximum atomic E-state index is 2.92. The van der Waals surface area contributed by atoms with Crippen LogP contribution in [0.1, 0.15) is 144 Å². The average Bonchev–Trinajstić information content (AvgIpc) is 3.70. The van der Waals surface area contributed by atoms with Gasteiger partial charge in [0.05, 0.1) is 11.1 Å². The highest BCUT2D eigenvalue weighted by atomic mass is 15.3. The molecular formula is C65H68BN3. The summed E-state index contributed by atoms with van der Waals surface area (Å²) in [6, 6.07) is 55.9. The van der Waals surface area contributed by atoms with E-state index in [1.807, 2.05) is 0 Å². The molecule has 7 aromatic carbocycles. The maximum Gasteiger partial charge on any atom is 0.252 e. The van der Waals surface area contributed by atoms with Gasteiger partial charge in [0.15, 0.2) is 0 Å². The third-order valence-electron chi connectivity index (χ3n) is 19.0. The van der Waals surface area contributed by atoms with Crippen LogP contribution in [0.3, 0.4) is 0 Å². The van der Waals surface area contributed by atoms with Crippen LogP contribution in [0.5, 0.6) is 0 Å². The van der Waals surface area contributed by atoms with Crippen molar-refractivity contribution >= 4 is 62.9 Å². The van der Waals surface area contributed by atoms with E-state index in [4.69, 9.17) is 0 Å². The maximum absolute atomic E-state index is 2.92. The Kier molecular flexibility index (Phi) is 8.79. The number of anilines is 7. The number of rotatable bonds is 3. The highest BCUT2D eigenvalue weighted by Gasteiger charge is 2.65. The summed E-state index contributed by atoms with van der Waals surface area (Å²) in [6.45, 7) is 26.8. The summed E-state index contributed by atoms with van der Waals surface area (Å²) >= 11 is 0. The van der Waals surface area contributed by atoms with E-state index >= 15 is 0 Å². The quantitative estimate of drug-likeness (QED) is 0.164. The molecule has 7 aromatic rings. The lowest BCUT2D eigenvalue weighted by Gasteiger charge is -2.54. The van der Waals surface area contributed by atoms with Gasteiger partial charge in [0.1, 0.15) is 0 Å². The normalized spacial score (nSPS) is 24.8. The Balaban J connectivity index is 1.18. The molecule has 1 fully saturated rings. The molecule has 4 atom stereocenters. The summed E-state index contributed by atoms with van der Waals surface area (Å²) in [6.07, 6.45) is 6.83. The Morgan fingerprint density at radius 2 is 1.17 bits per heavy atom. The molecule has 13 rings (SSSR count). The van der Waals surface area contributed by atoms with Crippen LogP contribution >= 0.6 is 0 Å². The van der Waals surface area contributed by atoms with Gasteiger partial charge in [0.2, 0.25) is 0 Å². The highest BCUT2D eigenvalue weighted by molar-refractivity contribution is 7.00. The van der Waals surface area contributed by atoms with E-state index in [9.17, 15) is 0 Å². The minimum absolute atomic E-state index is 0.0166. The Bertz CT molecular complexity index is 3300. The van der Waals surface area contributed by atoms with Gasteiger partial charge in [-0.05, 0) is 156 Å². The van der Waals surface area contributed by atoms with Gasteiger partial charge in [0.25, 0.3) is 6.71 Å². The zero-order valence-electron chi connectivity index (χ0n) is 42.9. The number of fused-ring (bicyclic) bond motifs is 12. The molecule has 0 bridgehead atoms. The summed E-state index contributed by atoms with van der Waals surface area (Å²) in [4.78, 5) is 8.44. The van der Waals surface area contributed by atoms with Crippen molar-refractivity contribution in [2.45, 2.75) is 147 Å². The molecule has 0 N–H and O–H groups in total. The molecule has 4 heteroatoms. The molecule has 6 aliphatic rings. The summed E-state index contributed by atoms with van der Waals surface area (Å²) in [5.41, 5.74) is 25.5. The van der Waals surface area contributed by atoms with Crippen LogP contribution in [0.4, 0.5) is 39.8 Å². The van der Waals surface area contributed by atoms with Crippen molar-refractivity contribution in [3.63, 3.8) is 0 Å². The van der Waals surface area contributed by atoms with E-state index < -0.39 is 0 Å². The van der Waals surface area contributed by atoms with Crippen molar-refractivity contribution < 1.29 is 0 Å². The van der Waals surface area contributed by atoms with Crippen LogP contribution in [0.2, 0.25) is 0 Å². The lowest BCUT2D eigenvalue weighted by atomic mass is 9.33. The number of aryl methyl sites for hydroxylation is 3. The van der Waals surface area contributed by atoms with Crippen molar-refractivity contribution in [1.82, 2.24) is 0 Å².